The highest BCUT2D eigenvalue weighted by molar-refractivity contribution is 5.95. The van der Waals surface area contributed by atoms with E-state index in [2.05, 4.69) is 10.6 Å². The van der Waals surface area contributed by atoms with Crippen LogP contribution in [0.1, 0.15) is 101 Å². The van der Waals surface area contributed by atoms with Crippen molar-refractivity contribution in [2.45, 2.75) is 122 Å². The van der Waals surface area contributed by atoms with Gasteiger partial charge in [0.15, 0.2) is 0 Å². The molecule has 9 nitrogen and oxygen atoms in total. The second kappa shape index (κ2) is 12.6. The zero-order chi connectivity index (χ0) is 28.0. The van der Waals surface area contributed by atoms with Gasteiger partial charge < -0.3 is 26.0 Å². The second-order valence-electron chi connectivity index (χ2n) is 11.8. The number of nitrogens with zero attached hydrogens (tertiary/aromatic N) is 1. The minimum atomic E-state index is -1.25. The summed E-state index contributed by atoms with van der Waals surface area (Å²) in [6, 6.07) is 3.52. The first-order chi connectivity index (χ1) is 17.9. The highest BCUT2D eigenvalue weighted by atomic mass is 16.6. The Morgan fingerprint density at radius 3 is 2.11 bits per heavy atom. The molecule has 0 aromatic heterocycles. The predicted octanol–water partition coefficient (Wildman–Crippen LogP) is 3.94. The van der Waals surface area contributed by atoms with Crippen molar-refractivity contribution in [3.05, 3.63) is 34.9 Å². The zero-order valence-electron chi connectivity index (χ0n) is 23.5. The van der Waals surface area contributed by atoms with Gasteiger partial charge in [0.25, 0.3) is 0 Å². The number of alkyl carbamates (subject to hydrolysis) is 1. The summed E-state index contributed by atoms with van der Waals surface area (Å²) < 4.78 is 5.36. The Balaban J connectivity index is 2.02. The van der Waals surface area contributed by atoms with Crippen LogP contribution >= 0.6 is 0 Å². The van der Waals surface area contributed by atoms with E-state index >= 15 is 0 Å². The SMILES string of the molecule is Cc1cccc(C)c1C(C(=O)NC1CCCCC1)N(C(=O)C(CC(N)=O)NC(=O)OC(C)(C)C)C1CCC1. The zero-order valence-corrected chi connectivity index (χ0v) is 23.5. The Morgan fingerprint density at radius 1 is 1.00 bits per heavy atom. The average molecular weight is 529 g/mol. The Kier molecular flexibility index (Phi) is 9.79. The van der Waals surface area contributed by atoms with Crippen molar-refractivity contribution >= 4 is 23.8 Å². The van der Waals surface area contributed by atoms with Crippen LogP contribution in [0, 0.1) is 13.8 Å². The summed E-state index contributed by atoms with van der Waals surface area (Å²) in [4.78, 5) is 54.5. The van der Waals surface area contributed by atoms with Crippen LogP contribution in [0.5, 0.6) is 0 Å². The maximum atomic E-state index is 14.2. The van der Waals surface area contributed by atoms with Crippen LogP contribution in [0.3, 0.4) is 0 Å². The van der Waals surface area contributed by atoms with Gasteiger partial charge in [-0.05, 0) is 83.4 Å². The Bertz CT molecular complexity index is 1000. The summed E-state index contributed by atoms with van der Waals surface area (Å²) >= 11 is 0. The molecule has 1 aromatic carbocycles. The topological polar surface area (TPSA) is 131 Å². The standard InChI is InChI=1S/C29H44N4O5/c1-18-11-9-12-19(2)24(18)25(26(35)31-20-13-7-6-8-14-20)33(21-15-10-16-21)27(36)22(17-23(30)34)32-28(37)38-29(3,4)5/h9,11-12,20-22,25H,6-8,10,13-17H2,1-5H3,(H2,30,34)(H,31,35)(H,32,37). The molecule has 0 radical (unpaired) electrons. The lowest BCUT2D eigenvalue weighted by Gasteiger charge is -2.44. The quantitative estimate of drug-likeness (QED) is 0.447. The lowest BCUT2D eigenvalue weighted by molar-refractivity contribution is -0.148. The number of nitrogens with one attached hydrogen (secondary N) is 2. The van der Waals surface area contributed by atoms with E-state index in [9.17, 15) is 19.2 Å². The van der Waals surface area contributed by atoms with Gasteiger partial charge in [0.05, 0.1) is 6.42 Å². The van der Waals surface area contributed by atoms with Gasteiger partial charge in [0, 0.05) is 12.1 Å². The molecule has 2 aliphatic carbocycles. The number of hydrogen-bond acceptors (Lipinski definition) is 5. The molecule has 0 bridgehead atoms. The fourth-order valence-electron chi connectivity index (χ4n) is 5.40. The van der Waals surface area contributed by atoms with Crippen LogP contribution in [-0.2, 0) is 19.1 Å². The van der Waals surface area contributed by atoms with Gasteiger partial charge in [-0.15, -0.1) is 0 Å². The number of amides is 4. The molecule has 0 saturated heterocycles. The van der Waals surface area contributed by atoms with E-state index in [0.717, 1.165) is 68.1 Å². The lowest BCUT2D eigenvalue weighted by atomic mass is 9.85. The van der Waals surface area contributed by atoms with Gasteiger partial charge in [-0.1, -0.05) is 37.5 Å². The third-order valence-electron chi connectivity index (χ3n) is 7.41. The molecule has 2 aliphatic rings. The average Bonchev–Trinajstić information content (AvgIpc) is 2.77. The Morgan fingerprint density at radius 2 is 1.61 bits per heavy atom. The molecule has 2 unspecified atom stereocenters. The minimum absolute atomic E-state index is 0.0581. The summed E-state index contributed by atoms with van der Waals surface area (Å²) in [6.45, 7) is 9.01. The van der Waals surface area contributed by atoms with Crippen molar-refractivity contribution in [1.82, 2.24) is 15.5 Å². The molecule has 3 rings (SSSR count). The summed E-state index contributed by atoms with van der Waals surface area (Å²) in [6.07, 6.45) is 6.28. The number of carbonyl (C=O) groups excluding carboxylic acids is 4. The van der Waals surface area contributed by atoms with Crippen molar-refractivity contribution < 1.29 is 23.9 Å². The monoisotopic (exact) mass is 528 g/mol. The number of rotatable bonds is 9. The van der Waals surface area contributed by atoms with Crippen molar-refractivity contribution in [1.29, 1.82) is 0 Å². The number of hydrogen-bond donors (Lipinski definition) is 3. The number of benzene rings is 1. The van der Waals surface area contributed by atoms with Crippen LogP contribution in [0.25, 0.3) is 0 Å². The van der Waals surface area contributed by atoms with E-state index < -0.39 is 42.0 Å². The predicted molar refractivity (Wildman–Crippen MR) is 145 cm³/mol. The molecule has 4 N–H and O–H groups in total. The number of carbonyl (C=O) groups is 4. The molecular weight excluding hydrogens is 484 g/mol. The molecule has 38 heavy (non-hydrogen) atoms. The normalized spacial score (nSPS) is 18.0. The van der Waals surface area contributed by atoms with Crippen LogP contribution in [-0.4, -0.2) is 52.4 Å². The largest absolute Gasteiger partial charge is 0.444 e. The molecule has 2 saturated carbocycles. The van der Waals surface area contributed by atoms with E-state index in [4.69, 9.17) is 10.5 Å². The summed E-state index contributed by atoms with van der Waals surface area (Å²) in [7, 11) is 0. The van der Waals surface area contributed by atoms with E-state index in [-0.39, 0.29) is 18.0 Å². The van der Waals surface area contributed by atoms with Gasteiger partial charge in [0.2, 0.25) is 17.7 Å². The number of aryl methyl sites for hydroxylation is 2. The lowest BCUT2D eigenvalue weighted by Crippen LogP contribution is -2.58. The summed E-state index contributed by atoms with van der Waals surface area (Å²) in [5.74, 6) is -1.47. The van der Waals surface area contributed by atoms with Gasteiger partial charge in [-0.2, -0.15) is 0 Å². The fraction of sp³-hybridized carbons (Fsp3) is 0.655. The number of primary amides is 1. The van der Waals surface area contributed by atoms with Gasteiger partial charge >= 0.3 is 6.09 Å². The minimum Gasteiger partial charge on any atom is -0.444 e. The van der Waals surface area contributed by atoms with Crippen molar-refractivity contribution in [3.8, 4) is 0 Å². The van der Waals surface area contributed by atoms with Crippen molar-refractivity contribution in [2.75, 3.05) is 0 Å². The van der Waals surface area contributed by atoms with Gasteiger partial charge in [0.1, 0.15) is 17.7 Å². The van der Waals surface area contributed by atoms with Crippen molar-refractivity contribution in [3.63, 3.8) is 0 Å². The molecule has 210 valence electrons. The Labute approximate surface area is 226 Å². The smallest absolute Gasteiger partial charge is 0.408 e. The summed E-state index contributed by atoms with van der Waals surface area (Å²) in [5, 5.41) is 5.78. The van der Waals surface area contributed by atoms with Crippen LogP contribution < -0.4 is 16.4 Å². The number of ether oxygens (including phenoxy) is 1. The third-order valence-corrected chi connectivity index (χ3v) is 7.41. The molecule has 0 aliphatic heterocycles. The first-order valence-corrected chi connectivity index (χ1v) is 13.8. The first kappa shape index (κ1) is 29.5. The third kappa shape index (κ3) is 7.71. The van der Waals surface area contributed by atoms with Gasteiger partial charge in [-0.25, -0.2) is 4.79 Å². The Hall–Kier alpha value is -3.10. The molecule has 0 spiro atoms. The molecule has 2 atom stereocenters. The second-order valence-corrected chi connectivity index (χ2v) is 11.8. The molecule has 2 fully saturated rings. The highest BCUT2D eigenvalue weighted by Gasteiger charge is 2.43. The summed E-state index contributed by atoms with van der Waals surface area (Å²) in [5.41, 5.74) is 7.28. The molecule has 4 amide bonds. The molecular formula is C29H44N4O5. The maximum absolute atomic E-state index is 14.2. The fourth-order valence-corrected chi connectivity index (χ4v) is 5.40. The van der Waals surface area contributed by atoms with Gasteiger partial charge in [-0.3, -0.25) is 14.4 Å². The van der Waals surface area contributed by atoms with E-state index in [1.54, 1.807) is 25.7 Å². The van der Waals surface area contributed by atoms with Crippen LogP contribution in [0.4, 0.5) is 4.79 Å². The molecule has 1 aromatic rings. The number of nitrogens with two attached hydrogens (primary N) is 1. The van der Waals surface area contributed by atoms with Crippen LogP contribution in [0.2, 0.25) is 0 Å². The molecule has 0 heterocycles. The van der Waals surface area contributed by atoms with E-state index in [0.29, 0.717) is 0 Å². The highest BCUT2D eigenvalue weighted by Crippen LogP contribution is 2.36. The maximum Gasteiger partial charge on any atom is 0.408 e. The van der Waals surface area contributed by atoms with Crippen LogP contribution in [0.15, 0.2) is 18.2 Å². The first-order valence-electron chi connectivity index (χ1n) is 13.8. The van der Waals surface area contributed by atoms with E-state index in [1.807, 2.05) is 32.0 Å². The van der Waals surface area contributed by atoms with E-state index in [1.165, 1.54) is 0 Å². The van der Waals surface area contributed by atoms with Crippen molar-refractivity contribution in [2.24, 2.45) is 5.73 Å². The molecule has 9 heteroatoms.